The Kier molecular flexibility index (Phi) is 9.66. The maximum atomic E-state index is 12.3. The number of carbonyl (C=O) groups is 4. The van der Waals surface area contributed by atoms with E-state index in [2.05, 4.69) is 5.32 Å². The van der Waals surface area contributed by atoms with E-state index in [0.29, 0.717) is 5.56 Å². The molecule has 0 aliphatic carbocycles. The van der Waals surface area contributed by atoms with E-state index in [0.717, 1.165) is 11.3 Å². The van der Waals surface area contributed by atoms with Gasteiger partial charge in [-0.1, -0.05) is 18.2 Å². The van der Waals surface area contributed by atoms with E-state index in [1.54, 1.807) is 39.8 Å². The zero-order valence-electron chi connectivity index (χ0n) is 16.2. The van der Waals surface area contributed by atoms with Crippen molar-refractivity contribution in [2.24, 2.45) is 0 Å². The number of allylic oxidation sites excluding steroid dienone is 3. The van der Waals surface area contributed by atoms with Crippen LogP contribution in [0.2, 0.25) is 0 Å². The van der Waals surface area contributed by atoms with E-state index in [-0.39, 0.29) is 28.7 Å². The molecule has 1 aromatic rings. The molecule has 1 heterocycles. The van der Waals surface area contributed by atoms with Crippen LogP contribution in [-0.4, -0.2) is 43.6 Å². The molecule has 0 radical (unpaired) electrons. The lowest BCUT2D eigenvalue weighted by Gasteiger charge is -2.07. The normalized spacial score (nSPS) is 10.9. The van der Waals surface area contributed by atoms with E-state index >= 15 is 0 Å². The van der Waals surface area contributed by atoms with Crippen molar-refractivity contribution in [3.05, 3.63) is 40.3 Å². The van der Waals surface area contributed by atoms with Gasteiger partial charge in [-0.2, -0.15) is 0 Å². The van der Waals surface area contributed by atoms with Crippen molar-refractivity contribution >= 4 is 40.2 Å². The lowest BCUT2D eigenvalue weighted by molar-refractivity contribution is -0.142. The summed E-state index contributed by atoms with van der Waals surface area (Å²) in [4.78, 5) is 48.1. The first-order chi connectivity index (χ1) is 13.3. The second kappa shape index (κ2) is 11.7. The van der Waals surface area contributed by atoms with Gasteiger partial charge in [0.1, 0.15) is 9.88 Å². The average molecular weight is 409 g/mol. The first kappa shape index (κ1) is 23.1. The summed E-state index contributed by atoms with van der Waals surface area (Å²) in [6.45, 7) is 6.41. The summed E-state index contributed by atoms with van der Waals surface area (Å²) in [6, 6.07) is 0. The Labute approximate surface area is 167 Å². The minimum atomic E-state index is -0.687. The second-order valence-corrected chi connectivity index (χ2v) is 6.26. The van der Waals surface area contributed by atoms with Gasteiger partial charge in [0.2, 0.25) is 0 Å². The number of esters is 3. The fourth-order valence-corrected chi connectivity index (χ4v) is 3.14. The summed E-state index contributed by atoms with van der Waals surface area (Å²) < 4.78 is 14.8. The lowest BCUT2D eigenvalue weighted by atomic mass is 10.1. The zero-order chi connectivity index (χ0) is 21.1. The number of nitrogens with one attached hydrogen (secondary N) is 1. The number of hydrogen-bond acceptors (Lipinski definition) is 8. The standard InChI is InChI=1S/C19H23NO7S/c1-5-8-9-10-14(22)27-11-13(21)20-17-15(18(23)25-6-2)12(4)16(28-17)19(24)26-7-3/h5,8-10H,6-7,11H2,1-4H3,(H,20,21). The molecule has 0 saturated heterocycles. The Hall–Kier alpha value is -2.94. The minimum Gasteiger partial charge on any atom is -0.462 e. The van der Waals surface area contributed by atoms with E-state index in [9.17, 15) is 19.2 Å². The van der Waals surface area contributed by atoms with Gasteiger partial charge in [-0.25, -0.2) is 14.4 Å². The van der Waals surface area contributed by atoms with E-state index < -0.39 is 30.4 Å². The number of amides is 1. The van der Waals surface area contributed by atoms with Crippen molar-refractivity contribution in [3.8, 4) is 0 Å². The fourth-order valence-electron chi connectivity index (χ4n) is 2.03. The van der Waals surface area contributed by atoms with Crippen molar-refractivity contribution < 1.29 is 33.4 Å². The molecule has 9 heteroatoms. The third-order valence-electron chi connectivity index (χ3n) is 3.22. The van der Waals surface area contributed by atoms with Gasteiger partial charge in [-0.3, -0.25) is 4.79 Å². The summed E-state index contributed by atoms with van der Waals surface area (Å²) >= 11 is 0.897. The zero-order valence-corrected chi connectivity index (χ0v) is 17.0. The van der Waals surface area contributed by atoms with Gasteiger partial charge in [-0.05, 0) is 33.3 Å². The van der Waals surface area contributed by atoms with Crippen LogP contribution in [0.1, 0.15) is 46.4 Å². The molecule has 152 valence electrons. The minimum absolute atomic E-state index is 0.0718. The third-order valence-corrected chi connectivity index (χ3v) is 4.41. The highest BCUT2D eigenvalue weighted by molar-refractivity contribution is 7.18. The molecule has 0 unspecified atom stereocenters. The van der Waals surface area contributed by atoms with Gasteiger partial charge < -0.3 is 19.5 Å². The molecule has 1 N–H and O–H groups in total. The maximum absolute atomic E-state index is 12.3. The predicted octanol–water partition coefficient (Wildman–Crippen LogP) is 3.02. The van der Waals surface area contributed by atoms with Crippen LogP contribution >= 0.6 is 11.3 Å². The quantitative estimate of drug-likeness (QED) is 0.289. The van der Waals surface area contributed by atoms with Crippen molar-refractivity contribution in [1.29, 1.82) is 0 Å². The monoisotopic (exact) mass is 409 g/mol. The van der Waals surface area contributed by atoms with Gasteiger partial charge >= 0.3 is 17.9 Å². The number of hydrogen-bond donors (Lipinski definition) is 1. The highest BCUT2D eigenvalue weighted by atomic mass is 32.1. The molecular weight excluding hydrogens is 386 g/mol. The molecule has 0 bridgehead atoms. The van der Waals surface area contributed by atoms with Gasteiger partial charge in [0, 0.05) is 6.08 Å². The lowest BCUT2D eigenvalue weighted by Crippen LogP contribution is -2.21. The van der Waals surface area contributed by atoms with Crippen LogP contribution in [0.5, 0.6) is 0 Å². The van der Waals surface area contributed by atoms with Crippen LogP contribution in [0.25, 0.3) is 0 Å². The molecule has 0 atom stereocenters. The van der Waals surface area contributed by atoms with Crippen LogP contribution in [0.3, 0.4) is 0 Å². The van der Waals surface area contributed by atoms with E-state index in [1.807, 2.05) is 0 Å². The van der Waals surface area contributed by atoms with Crippen LogP contribution in [0.4, 0.5) is 5.00 Å². The molecule has 0 aliphatic rings. The topological polar surface area (TPSA) is 108 Å². The van der Waals surface area contributed by atoms with Crippen molar-refractivity contribution in [2.45, 2.75) is 27.7 Å². The van der Waals surface area contributed by atoms with Crippen LogP contribution in [0, 0.1) is 6.92 Å². The third kappa shape index (κ3) is 6.66. The molecule has 28 heavy (non-hydrogen) atoms. The summed E-state index contributed by atoms with van der Waals surface area (Å²) in [5.41, 5.74) is 0.422. The molecule has 1 aromatic heterocycles. The fraction of sp³-hybridized carbons (Fsp3) is 0.368. The molecule has 0 aromatic carbocycles. The SMILES string of the molecule is CC=CC=CC(=O)OCC(=O)Nc1sc(C(=O)OCC)c(C)c1C(=O)OCC. The highest BCUT2D eigenvalue weighted by Gasteiger charge is 2.27. The first-order valence-corrected chi connectivity index (χ1v) is 9.40. The van der Waals surface area contributed by atoms with Gasteiger partial charge in [-0.15, -0.1) is 11.3 Å². The van der Waals surface area contributed by atoms with E-state index in [1.165, 1.54) is 12.2 Å². The summed E-state index contributed by atoms with van der Waals surface area (Å²) in [5.74, 6) is -2.62. The Bertz CT molecular complexity index is 792. The highest BCUT2D eigenvalue weighted by Crippen LogP contribution is 2.34. The van der Waals surface area contributed by atoms with Crippen LogP contribution in [0.15, 0.2) is 24.3 Å². The number of thiophene rings is 1. The average Bonchev–Trinajstić information content (AvgIpc) is 2.96. The van der Waals surface area contributed by atoms with E-state index in [4.69, 9.17) is 14.2 Å². The Balaban J connectivity index is 2.96. The number of carbonyl (C=O) groups excluding carboxylic acids is 4. The molecule has 0 aliphatic heterocycles. The Morgan fingerprint density at radius 2 is 1.64 bits per heavy atom. The molecule has 0 spiro atoms. The number of ether oxygens (including phenoxy) is 3. The maximum Gasteiger partial charge on any atom is 0.348 e. The van der Waals surface area contributed by atoms with Gasteiger partial charge in [0.15, 0.2) is 6.61 Å². The molecule has 0 saturated carbocycles. The predicted molar refractivity (Wildman–Crippen MR) is 105 cm³/mol. The van der Waals surface area contributed by atoms with Crippen LogP contribution in [-0.2, 0) is 23.8 Å². The Morgan fingerprint density at radius 3 is 2.25 bits per heavy atom. The number of anilines is 1. The summed E-state index contributed by atoms with van der Waals surface area (Å²) in [6.07, 6.45) is 6.02. The van der Waals surface area contributed by atoms with Crippen molar-refractivity contribution in [3.63, 3.8) is 0 Å². The molecule has 0 fully saturated rings. The molecule has 1 amide bonds. The smallest absolute Gasteiger partial charge is 0.348 e. The molecular formula is C19H23NO7S. The molecule has 1 rings (SSSR count). The van der Waals surface area contributed by atoms with Crippen molar-refractivity contribution in [1.82, 2.24) is 0 Å². The molecule has 8 nitrogen and oxygen atoms in total. The van der Waals surface area contributed by atoms with Gasteiger partial charge in [0.05, 0.1) is 18.8 Å². The van der Waals surface area contributed by atoms with Crippen molar-refractivity contribution in [2.75, 3.05) is 25.1 Å². The first-order valence-electron chi connectivity index (χ1n) is 8.59. The summed E-state index contributed by atoms with van der Waals surface area (Å²) in [5, 5.41) is 2.62. The number of rotatable bonds is 9. The largest absolute Gasteiger partial charge is 0.462 e. The van der Waals surface area contributed by atoms with Crippen LogP contribution < -0.4 is 5.32 Å². The second-order valence-electron chi connectivity index (χ2n) is 5.24. The summed E-state index contributed by atoms with van der Waals surface area (Å²) in [7, 11) is 0. The Morgan fingerprint density at radius 1 is 1.00 bits per heavy atom. The van der Waals surface area contributed by atoms with Gasteiger partial charge in [0.25, 0.3) is 5.91 Å².